The minimum Gasteiger partial charge on any atom is -0.326 e. The van der Waals surface area contributed by atoms with Gasteiger partial charge in [-0.3, -0.25) is 4.79 Å². The molecule has 3 nitrogen and oxygen atoms in total. The van der Waals surface area contributed by atoms with Crippen molar-refractivity contribution in [1.29, 1.82) is 5.26 Å². The van der Waals surface area contributed by atoms with Crippen molar-refractivity contribution in [3.8, 4) is 6.07 Å². The van der Waals surface area contributed by atoms with Crippen LogP contribution in [0.25, 0.3) is 0 Å². The molecule has 0 aliphatic heterocycles. The molecule has 0 saturated heterocycles. The molecule has 0 saturated carbocycles. The summed E-state index contributed by atoms with van der Waals surface area (Å²) in [6, 6.07) is 9.65. The highest BCUT2D eigenvalue weighted by Gasteiger charge is 2.15. The van der Waals surface area contributed by atoms with Gasteiger partial charge in [-0.1, -0.05) is 26.8 Å². The van der Waals surface area contributed by atoms with Crippen molar-refractivity contribution in [2.45, 2.75) is 32.1 Å². The van der Waals surface area contributed by atoms with E-state index in [2.05, 4.69) is 11.4 Å². The van der Waals surface area contributed by atoms with Gasteiger partial charge < -0.3 is 5.32 Å². The molecule has 1 aromatic carbocycles. The lowest BCUT2D eigenvalue weighted by molar-refractivity contribution is -0.117. The second-order valence-electron chi connectivity index (χ2n) is 5.26. The summed E-state index contributed by atoms with van der Waals surface area (Å²) in [5.41, 5.74) is 0.768. The molecule has 0 atom stereocenters. The Morgan fingerprint density at radius 1 is 1.44 bits per heavy atom. The number of nitrogens with one attached hydrogen (secondary N) is 1. The Bertz CT molecular complexity index is 458. The number of carbonyl (C=O) groups excluding carboxylic acids is 1. The topological polar surface area (TPSA) is 52.9 Å². The predicted octanol–water partition coefficient (Wildman–Crippen LogP) is 3.68. The standard InChI is InChI=1S/C14H18N2OS/c1-14(2,3)10-13(17)16-11-5-4-6-12(9-11)18-8-7-15/h4-6,9H,8,10H2,1-3H3,(H,16,17). The third-order valence-electron chi connectivity index (χ3n) is 2.11. The molecule has 4 heteroatoms. The van der Waals surface area contributed by atoms with Crippen molar-refractivity contribution in [1.82, 2.24) is 0 Å². The quantitative estimate of drug-likeness (QED) is 0.842. The van der Waals surface area contributed by atoms with Gasteiger partial charge in [0.2, 0.25) is 5.91 Å². The smallest absolute Gasteiger partial charge is 0.224 e. The Labute approximate surface area is 113 Å². The van der Waals surface area contributed by atoms with Gasteiger partial charge in [0.25, 0.3) is 0 Å². The van der Waals surface area contributed by atoms with Gasteiger partial charge in [-0.2, -0.15) is 5.26 Å². The Morgan fingerprint density at radius 3 is 2.78 bits per heavy atom. The molecule has 0 unspecified atom stereocenters. The maximum absolute atomic E-state index is 11.8. The molecule has 1 aromatic rings. The molecule has 0 radical (unpaired) electrons. The number of carbonyl (C=O) groups is 1. The molecular weight excluding hydrogens is 244 g/mol. The molecule has 96 valence electrons. The summed E-state index contributed by atoms with van der Waals surface area (Å²) in [6.45, 7) is 6.10. The van der Waals surface area contributed by atoms with E-state index < -0.39 is 0 Å². The van der Waals surface area contributed by atoms with Crippen molar-refractivity contribution >= 4 is 23.4 Å². The molecular formula is C14H18N2OS. The first-order chi connectivity index (χ1) is 8.40. The number of amides is 1. The Hall–Kier alpha value is -1.47. The SMILES string of the molecule is CC(C)(C)CC(=O)Nc1cccc(SCC#N)c1. The summed E-state index contributed by atoms with van der Waals surface area (Å²) in [7, 11) is 0. The minimum atomic E-state index is -0.0166. The van der Waals surface area contributed by atoms with Crippen molar-refractivity contribution in [2.75, 3.05) is 11.1 Å². The van der Waals surface area contributed by atoms with Crippen LogP contribution in [0.2, 0.25) is 0 Å². The minimum absolute atomic E-state index is 0.0166. The monoisotopic (exact) mass is 262 g/mol. The van der Waals surface area contributed by atoms with Crippen molar-refractivity contribution in [3.05, 3.63) is 24.3 Å². The normalized spacial score (nSPS) is 10.8. The molecule has 1 rings (SSSR count). The number of benzene rings is 1. The van der Waals surface area contributed by atoms with Gasteiger partial charge in [0.05, 0.1) is 11.8 Å². The fourth-order valence-electron chi connectivity index (χ4n) is 1.47. The van der Waals surface area contributed by atoms with Gasteiger partial charge in [0.1, 0.15) is 0 Å². The Morgan fingerprint density at radius 2 is 2.17 bits per heavy atom. The summed E-state index contributed by atoms with van der Waals surface area (Å²) < 4.78 is 0. The van der Waals surface area contributed by atoms with Gasteiger partial charge in [0, 0.05) is 17.0 Å². The Balaban J connectivity index is 2.62. The number of hydrogen-bond donors (Lipinski definition) is 1. The molecule has 0 aliphatic rings. The van der Waals surface area contributed by atoms with Crippen LogP contribution in [0.15, 0.2) is 29.2 Å². The number of rotatable bonds is 4. The number of nitrogens with zero attached hydrogens (tertiary/aromatic N) is 1. The molecule has 0 aromatic heterocycles. The molecule has 0 heterocycles. The maximum atomic E-state index is 11.8. The molecule has 0 spiro atoms. The third kappa shape index (κ3) is 5.74. The average molecular weight is 262 g/mol. The molecule has 1 N–H and O–H groups in total. The number of hydrogen-bond acceptors (Lipinski definition) is 3. The van der Waals surface area contributed by atoms with Gasteiger partial charge in [-0.15, -0.1) is 11.8 Å². The van der Waals surface area contributed by atoms with Gasteiger partial charge in [0.15, 0.2) is 0 Å². The second kappa shape index (κ2) is 6.46. The first kappa shape index (κ1) is 14.6. The van der Waals surface area contributed by atoms with E-state index >= 15 is 0 Å². The van der Waals surface area contributed by atoms with Gasteiger partial charge in [-0.25, -0.2) is 0 Å². The summed E-state index contributed by atoms with van der Waals surface area (Å²) >= 11 is 1.46. The van der Waals surface area contributed by atoms with E-state index in [4.69, 9.17) is 5.26 Å². The zero-order valence-electron chi connectivity index (χ0n) is 11.0. The summed E-state index contributed by atoms with van der Waals surface area (Å²) in [5, 5.41) is 11.4. The largest absolute Gasteiger partial charge is 0.326 e. The number of nitriles is 1. The van der Waals surface area contributed by atoms with Crippen molar-refractivity contribution < 1.29 is 4.79 Å². The first-order valence-corrected chi connectivity index (χ1v) is 6.79. The molecule has 0 bridgehead atoms. The lowest BCUT2D eigenvalue weighted by atomic mass is 9.92. The first-order valence-electron chi connectivity index (χ1n) is 5.80. The maximum Gasteiger partial charge on any atom is 0.224 e. The van der Waals surface area contributed by atoms with E-state index in [0.717, 1.165) is 10.6 Å². The molecule has 18 heavy (non-hydrogen) atoms. The zero-order valence-corrected chi connectivity index (χ0v) is 11.8. The highest BCUT2D eigenvalue weighted by atomic mass is 32.2. The van der Waals surface area contributed by atoms with Crippen LogP contribution in [0.5, 0.6) is 0 Å². The van der Waals surface area contributed by atoms with E-state index in [1.165, 1.54) is 11.8 Å². The highest BCUT2D eigenvalue weighted by molar-refractivity contribution is 7.99. The van der Waals surface area contributed by atoms with E-state index in [-0.39, 0.29) is 11.3 Å². The van der Waals surface area contributed by atoms with E-state index in [1.807, 2.05) is 45.0 Å². The lowest BCUT2D eigenvalue weighted by Gasteiger charge is -2.17. The summed E-state index contributed by atoms with van der Waals surface area (Å²) in [6.07, 6.45) is 0.489. The third-order valence-corrected chi connectivity index (χ3v) is 2.97. The van der Waals surface area contributed by atoms with Crippen LogP contribution in [-0.2, 0) is 4.79 Å². The number of anilines is 1. The van der Waals surface area contributed by atoms with Gasteiger partial charge in [-0.05, 0) is 23.6 Å². The molecule has 0 aliphatic carbocycles. The van der Waals surface area contributed by atoms with Crippen LogP contribution in [0.4, 0.5) is 5.69 Å². The van der Waals surface area contributed by atoms with Crippen LogP contribution >= 0.6 is 11.8 Å². The van der Waals surface area contributed by atoms with Crippen LogP contribution in [0.3, 0.4) is 0 Å². The molecule has 0 fully saturated rings. The van der Waals surface area contributed by atoms with E-state index in [9.17, 15) is 4.79 Å². The molecule has 1 amide bonds. The van der Waals surface area contributed by atoms with Crippen molar-refractivity contribution in [3.63, 3.8) is 0 Å². The van der Waals surface area contributed by atoms with E-state index in [1.54, 1.807) is 0 Å². The van der Waals surface area contributed by atoms with Crippen LogP contribution in [-0.4, -0.2) is 11.7 Å². The van der Waals surface area contributed by atoms with E-state index in [0.29, 0.717) is 12.2 Å². The number of thioether (sulfide) groups is 1. The van der Waals surface area contributed by atoms with Crippen LogP contribution in [0, 0.1) is 16.7 Å². The second-order valence-corrected chi connectivity index (χ2v) is 6.31. The fraction of sp³-hybridized carbons (Fsp3) is 0.429. The lowest BCUT2D eigenvalue weighted by Crippen LogP contribution is -2.19. The van der Waals surface area contributed by atoms with Crippen LogP contribution in [0.1, 0.15) is 27.2 Å². The fourth-order valence-corrected chi connectivity index (χ4v) is 2.08. The van der Waals surface area contributed by atoms with Crippen LogP contribution < -0.4 is 5.32 Å². The zero-order chi connectivity index (χ0) is 13.6. The average Bonchev–Trinajstić information content (AvgIpc) is 2.24. The Kier molecular flexibility index (Phi) is 5.24. The summed E-state index contributed by atoms with van der Waals surface area (Å²) in [4.78, 5) is 12.8. The van der Waals surface area contributed by atoms with Crippen molar-refractivity contribution in [2.24, 2.45) is 5.41 Å². The predicted molar refractivity (Wildman–Crippen MR) is 75.5 cm³/mol. The highest BCUT2D eigenvalue weighted by Crippen LogP contribution is 2.23. The van der Waals surface area contributed by atoms with Gasteiger partial charge >= 0.3 is 0 Å². The summed E-state index contributed by atoms with van der Waals surface area (Å²) in [5.74, 6) is 0.435.